The number of ether oxygens (including phenoxy) is 2. The van der Waals surface area contributed by atoms with Crippen LogP contribution in [0.1, 0.15) is 32.6 Å². The highest BCUT2D eigenvalue weighted by molar-refractivity contribution is 5.89. The lowest BCUT2D eigenvalue weighted by Gasteiger charge is -2.39. The maximum atomic E-state index is 11.8. The third-order valence-corrected chi connectivity index (χ3v) is 3.54. The van der Waals surface area contributed by atoms with E-state index in [1.54, 1.807) is 0 Å². The molecule has 1 fully saturated rings. The van der Waals surface area contributed by atoms with Crippen molar-refractivity contribution >= 4 is 17.8 Å². The number of carboxylic acid groups (broad SMARTS) is 1. The molecule has 1 saturated carbocycles. The van der Waals surface area contributed by atoms with Crippen molar-refractivity contribution in [2.24, 2.45) is 5.73 Å². The fraction of sp³-hybridized carbons (Fsp3) is 0.769. The van der Waals surface area contributed by atoms with Crippen molar-refractivity contribution in [1.82, 2.24) is 5.32 Å². The Kier molecular flexibility index (Phi) is 6.10. The summed E-state index contributed by atoms with van der Waals surface area (Å²) in [4.78, 5) is 33.9. The van der Waals surface area contributed by atoms with Gasteiger partial charge in [-0.1, -0.05) is 0 Å². The van der Waals surface area contributed by atoms with Crippen molar-refractivity contribution in [2.75, 3.05) is 13.7 Å². The van der Waals surface area contributed by atoms with Crippen LogP contribution in [0.3, 0.4) is 0 Å². The van der Waals surface area contributed by atoms with E-state index < -0.39 is 36.4 Å². The van der Waals surface area contributed by atoms with E-state index in [2.05, 4.69) is 10.1 Å². The molecule has 0 radical (unpaired) electrons. The van der Waals surface area contributed by atoms with Gasteiger partial charge in [0.15, 0.2) is 6.04 Å². The maximum Gasteiger partial charge on any atom is 0.330 e. The van der Waals surface area contributed by atoms with Crippen LogP contribution in [0.4, 0.5) is 0 Å². The lowest BCUT2D eigenvalue weighted by atomic mass is 9.82. The molecular weight excluding hydrogens is 280 g/mol. The Morgan fingerprint density at radius 1 is 1.38 bits per heavy atom. The average molecular weight is 302 g/mol. The molecule has 0 bridgehead atoms. The SMILES string of the molecule is COC(=O)[C@H](COC1(C)CCC1)NC(=O)[C@@H](N)CC(=O)O. The van der Waals surface area contributed by atoms with Gasteiger partial charge in [-0.3, -0.25) is 9.59 Å². The van der Waals surface area contributed by atoms with E-state index in [4.69, 9.17) is 15.6 Å². The molecule has 0 aromatic carbocycles. The number of esters is 1. The minimum Gasteiger partial charge on any atom is -0.481 e. The normalized spacial score (nSPS) is 19.0. The number of rotatable bonds is 8. The van der Waals surface area contributed by atoms with Gasteiger partial charge in [-0.25, -0.2) is 4.79 Å². The smallest absolute Gasteiger partial charge is 0.330 e. The zero-order valence-electron chi connectivity index (χ0n) is 12.3. The molecule has 21 heavy (non-hydrogen) atoms. The molecule has 1 aliphatic carbocycles. The van der Waals surface area contributed by atoms with Gasteiger partial charge in [0.2, 0.25) is 5.91 Å². The highest BCUT2D eigenvalue weighted by atomic mass is 16.5. The van der Waals surface area contributed by atoms with Crippen molar-refractivity contribution in [2.45, 2.75) is 50.3 Å². The predicted octanol–water partition coefficient (Wildman–Crippen LogP) is -0.595. The molecule has 0 heterocycles. The zero-order chi connectivity index (χ0) is 16.0. The lowest BCUT2D eigenvalue weighted by molar-refractivity contribution is -0.152. The van der Waals surface area contributed by atoms with E-state index in [0.717, 1.165) is 19.3 Å². The van der Waals surface area contributed by atoms with Gasteiger partial charge in [0, 0.05) is 0 Å². The molecule has 0 spiro atoms. The van der Waals surface area contributed by atoms with Gasteiger partial charge in [0.05, 0.1) is 31.8 Å². The Balaban J connectivity index is 2.54. The van der Waals surface area contributed by atoms with Gasteiger partial charge in [-0.15, -0.1) is 0 Å². The van der Waals surface area contributed by atoms with Crippen LogP contribution in [0.5, 0.6) is 0 Å². The Labute approximate surface area is 123 Å². The second kappa shape index (κ2) is 7.37. The minimum absolute atomic E-state index is 0.0330. The monoisotopic (exact) mass is 302 g/mol. The number of methoxy groups -OCH3 is 1. The molecule has 4 N–H and O–H groups in total. The molecule has 1 rings (SSSR count). The van der Waals surface area contributed by atoms with Crippen molar-refractivity contribution in [1.29, 1.82) is 0 Å². The first-order valence-electron chi connectivity index (χ1n) is 6.77. The first-order chi connectivity index (χ1) is 9.77. The molecule has 0 aliphatic heterocycles. The third-order valence-electron chi connectivity index (χ3n) is 3.54. The number of hydrogen-bond donors (Lipinski definition) is 3. The van der Waals surface area contributed by atoms with Crippen molar-refractivity contribution in [3.8, 4) is 0 Å². The second-order valence-electron chi connectivity index (χ2n) is 5.40. The molecule has 8 heteroatoms. The summed E-state index contributed by atoms with van der Waals surface area (Å²) in [6, 6.07) is -2.23. The zero-order valence-corrected chi connectivity index (χ0v) is 12.3. The number of carbonyl (C=O) groups is 3. The summed E-state index contributed by atoms with van der Waals surface area (Å²) >= 11 is 0. The van der Waals surface area contributed by atoms with E-state index in [1.165, 1.54) is 7.11 Å². The average Bonchev–Trinajstić information content (AvgIpc) is 2.39. The van der Waals surface area contributed by atoms with Crippen LogP contribution in [0.25, 0.3) is 0 Å². The molecule has 0 unspecified atom stereocenters. The van der Waals surface area contributed by atoms with E-state index in [0.29, 0.717) is 0 Å². The number of hydrogen-bond acceptors (Lipinski definition) is 6. The van der Waals surface area contributed by atoms with Crippen LogP contribution in [-0.2, 0) is 23.9 Å². The van der Waals surface area contributed by atoms with Crippen LogP contribution < -0.4 is 11.1 Å². The van der Waals surface area contributed by atoms with Crippen LogP contribution in [0.15, 0.2) is 0 Å². The van der Waals surface area contributed by atoms with Crippen LogP contribution in [0.2, 0.25) is 0 Å². The predicted molar refractivity (Wildman–Crippen MR) is 72.4 cm³/mol. The Morgan fingerprint density at radius 3 is 2.43 bits per heavy atom. The van der Waals surface area contributed by atoms with Crippen molar-refractivity contribution in [3.05, 3.63) is 0 Å². The summed E-state index contributed by atoms with van der Waals surface area (Å²) in [6.45, 7) is 1.90. The molecule has 0 aromatic heterocycles. The number of nitrogens with two attached hydrogens (primary N) is 1. The topological polar surface area (TPSA) is 128 Å². The Bertz CT molecular complexity index is 407. The summed E-state index contributed by atoms with van der Waals surface area (Å²) in [5, 5.41) is 11.0. The van der Waals surface area contributed by atoms with Gasteiger partial charge in [-0.05, 0) is 26.2 Å². The summed E-state index contributed by atoms with van der Waals surface area (Å²) in [5.41, 5.74) is 5.16. The van der Waals surface area contributed by atoms with Crippen LogP contribution >= 0.6 is 0 Å². The molecule has 0 aromatic rings. The molecule has 2 atom stereocenters. The van der Waals surface area contributed by atoms with Gasteiger partial charge >= 0.3 is 11.9 Å². The van der Waals surface area contributed by atoms with Crippen molar-refractivity contribution in [3.63, 3.8) is 0 Å². The second-order valence-corrected chi connectivity index (χ2v) is 5.40. The van der Waals surface area contributed by atoms with E-state index >= 15 is 0 Å². The first kappa shape index (κ1) is 17.4. The summed E-state index contributed by atoms with van der Waals surface area (Å²) < 4.78 is 10.2. The van der Waals surface area contributed by atoms with E-state index in [-0.39, 0.29) is 12.2 Å². The summed E-state index contributed by atoms with van der Waals surface area (Å²) in [7, 11) is 1.20. The Hall–Kier alpha value is -1.67. The molecule has 1 amide bonds. The highest BCUT2D eigenvalue weighted by Crippen LogP contribution is 2.34. The van der Waals surface area contributed by atoms with Crippen molar-refractivity contribution < 1.29 is 29.0 Å². The minimum atomic E-state index is -1.23. The molecule has 120 valence electrons. The number of nitrogens with one attached hydrogen (secondary N) is 1. The van der Waals surface area contributed by atoms with Gasteiger partial charge in [-0.2, -0.15) is 0 Å². The molecule has 1 aliphatic rings. The van der Waals surface area contributed by atoms with Gasteiger partial charge < -0.3 is 25.6 Å². The first-order valence-corrected chi connectivity index (χ1v) is 6.77. The fourth-order valence-corrected chi connectivity index (χ4v) is 1.97. The van der Waals surface area contributed by atoms with Crippen LogP contribution in [-0.4, -0.2) is 54.4 Å². The molecular formula is C13H22N2O6. The number of aliphatic carboxylic acids is 1. The van der Waals surface area contributed by atoms with Gasteiger partial charge in [0.1, 0.15) is 0 Å². The maximum absolute atomic E-state index is 11.8. The van der Waals surface area contributed by atoms with Crippen LogP contribution in [0, 0.1) is 0 Å². The lowest BCUT2D eigenvalue weighted by Crippen LogP contribution is -2.52. The highest BCUT2D eigenvalue weighted by Gasteiger charge is 2.35. The molecule has 8 nitrogen and oxygen atoms in total. The number of carbonyl (C=O) groups excluding carboxylic acids is 2. The van der Waals surface area contributed by atoms with E-state index in [1.807, 2.05) is 6.92 Å². The molecule has 0 saturated heterocycles. The standard InChI is InChI=1S/C13H22N2O6/c1-13(4-3-5-13)21-7-9(12(19)20-2)15-11(18)8(14)6-10(16)17/h8-9H,3-7,14H2,1-2H3,(H,15,18)(H,16,17)/t8-,9-/m0/s1. The largest absolute Gasteiger partial charge is 0.481 e. The quantitative estimate of drug-likeness (QED) is 0.511. The summed E-state index contributed by atoms with van der Waals surface area (Å²) in [5.74, 6) is -2.57. The number of amides is 1. The third kappa shape index (κ3) is 5.31. The Morgan fingerprint density at radius 2 is 2.00 bits per heavy atom. The fourth-order valence-electron chi connectivity index (χ4n) is 1.97. The van der Waals surface area contributed by atoms with E-state index in [9.17, 15) is 14.4 Å². The number of carboxylic acids is 1. The summed E-state index contributed by atoms with van der Waals surface area (Å²) in [6.07, 6.45) is 2.34. The van der Waals surface area contributed by atoms with Gasteiger partial charge in [0.25, 0.3) is 0 Å².